The van der Waals surface area contributed by atoms with Gasteiger partial charge in [-0.1, -0.05) is 11.6 Å². The van der Waals surface area contributed by atoms with Gasteiger partial charge in [0.15, 0.2) is 0 Å². The Hall–Kier alpha value is -5.25. The zero-order chi connectivity index (χ0) is 40.8. The molecule has 0 bridgehead atoms. The van der Waals surface area contributed by atoms with Crippen molar-refractivity contribution in [1.29, 1.82) is 5.26 Å². The second-order valence-electron chi connectivity index (χ2n) is 18.4. The van der Waals surface area contributed by atoms with Gasteiger partial charge < -0.3 is 14.7 Å². The van der Waals surface area contributed by atoms with E-state index in [-0.39, 0.29) is 35.5 Å². The number of amides is 5. The maximum absolute atomic E-state index is 13.6. The van der Waals surface area contributed by atoms with Gasteiger partial charge in [-0.2, -0.15) is 5.26 Å². The third-order valence-corrected chi connectivity index (χ3v) is 15.2. The Balaban J connectivity index is 0.695. The van der Waals surface area contributed by atoms with E-state index in [1.807, 2.05) is 47.4 Å². The smallest absolute Gasteiger partial charge is 0.262 e. The number of piperidine rings is 2. The molecule has 6 aliphatic heterocycles. The summed E-state index contributed by atoms with van der Waals surface area (Å²) < 4.78 is 0. The van der Waals surface area contributed by atoms with Gasteiger partial charge in [-0.05, 0) is 129 Å². The van der Waals surface area contributed by atoms with Crippen LogP contribution in [0.25, 0.3) is 0 Å². The zero-order valence-electron chi connectivity index (χ0n) is 33.3. The summed E-state index contributed by atoms with van der Waals surface area (Å²) in [5.74, 6) is -1.80. The summed E-state index contributed by atoms with van der Waals surface area (Å²) in [6, 6.07) is 19.6. The topological polar surface area (TPSA) is 137 Å². The summed E-state index contributed by atoms with van der Waals surface area (Å²) in [6.07, 6.45) is 7.82. The molecular formula is C46H48ClN7O5. The third-order valence-electron chi connectivity index (χ3n) is 14.9. The van der Waals surface area contributed by atoms with Crippen LogP contribution in [0.4, 0.5) is 11.4 Å². The first-order chi connectivity index (χ1) is 28.4. The largest absolute Gasteiger partial charge is 0.371 e. The van der Waals surface area contributed by atoms with Crippen molar-refractivity contribution in [1.82, 2.24) is 20.0 Å². The van der Waals surface area contributed by atoms with E-state index >= 15 is 0 Å². The number of hydrogen-bond acceptors (Lipinski definition) is 9. The van der Waals surface area contributed by atoms with Gasteiger partial charge in [-0.15, -0.1) is 0 Å². The number of likely N-dealkylation sites (tertiary alicyclic amines) is 1. The number of nitriles is 1. The van der Waals surface area contributed by atoms with Crippen LogP contribution in [0.5, 0.6) is 0 Å². The highest BCUT2D eigenvalue weighted by molar-refractivity contribution is 6.32. The van der Waals surface area contributed by atoms with Crippen molar-refractivity contribution < 1.29 is 24.0 Å². The number of nitrogens with zero attached hydrogens (tertiary/aromatic N) is 6. The Labute approximate surface area is 349 Å². The van der Waals surface area contributed by atoms with E-state index in [2.05, 4.69) is 45.1 Å². The monoisotopic (exact) mass is 813 g/mol. The maximum Gasteiger partial charge on any atom is 0.262 e. The molecule has 2 atom stereocenters. The van der Waals surface area contributed by atoms with Crippen LogP contribution in [-0.4, -0.2) is 95.1 Å². The van der Waals surface area contributed by atoms with E-state index in [1.54, 1.807) is 0 Å². The molecule has 3 aromatic rings. The maximum atomic E-state index is 13.6. The molecule has 4 saturated heterocycles. The van der Waals surface area contributed by atoms with Crippen LogP contribution in [0.3, 0.4) is 0 Å². The van der Waals surface area contributed by atoms with E-state index in [0.29, 0.717) is 46.9 Å². The van der Waals surface area contributed by atoms with E-state index in [1.165, 1.54) is 0 Å². The molecule has 12 nitrogen and oxygen atoms in total. The molecule has 0 aromatic heterocycles. The average Bonchev–Trinajstić information content (AvgIpc) is 3.86. The van der Waals surface area contributed by atoms with E-state index in [0.717, 1.165) is 111 Å². The minimum Gasteiger partial charge on any atom is -0.371 e. The SMILES string of the molecule is C[C@H]1CC2(CCN(c3ccc(C(=O)N4CC5(CCC(N6Cc7cc8c(cc7C6)C(=O)N(C6CCC(=O)NC6=O)C8=O)CC5)C4)cc3)CC2)CN1c1ccc(C#N)c(Cl)c1. The van der Waals surface area contributed by atoms with E-state index in [4.69, 9.17) is 11.6 Å². The molecule has 1 aliphatic carbocycles. The highest BCUT2D eigenvalue weighted by Crippen LogP contribution is 2.48. The minimum absolute atomic E-state index is 0.0993. The molecule has 2 spiro atoms. The Morgan fingerprint density at radius 2 is 1.46 bits per heavy atom. The highest BCUT2D eigenvalue weighted by atomic mass is 35.5. The molecule has 1 unspecified atom stereocenters. The minimum atomic E-state index is -0.961. The summed E-state index contributed by atoms with van der Waals surface area (Å²) in [6.45, 7) is 8.25. The summed E-state index contributed by atoms with van der Waals surface area (Å²) in [4.78, 5) is 74.9. The number of hydrogen-bond donors (Lipinski definition) is 1. The Kier molecular flexibility index (Phi) is 9.14. The van der Waals surface area contributed by atoms with Crippen LogP contribution in [0.15, 0.2) is 54.6 Å². The van der Waals surface area contributed by atoms with Gasteiger partial charge in [0.05, 0.1) is 21.7 Å². The Bertz CT molecular complexity index is 2290. The molecule has 3 aromatic carbocycles. The van der Waals surface area contributed by atoms with Crippen molar-refractivity contribution >= 4 is 52.5 Å². The number of rotatable bonds is 5. The standard InChI is InChI=1S/C46H48ClN7O5/c1-28-21-45(27-53(28)35-7-4-30(22-48)38(47)20-35)14-16-50(17-15-45)33-5-2-29(3-6-33)42(57)52-25-46(26-52)12-10-34(11-13-46)51-23-31-18-36-37(19-32(31)24-51)44(59)54(43(36)58)39-8-9-40(55)49-41(39)56/h2-7,18-20,28,34,39H,8-17,21,23-27H2,1H3,(H,49,55,56)/t28-,39?/m0/s1. The lowest BCUT2D eigenvalue weighted by molar-refractivity contribution is -0.136. The molecule has 1 saturated carbocycles. The molecule has 5 fully saturated rings. The average molecular weight is 814 g/mol. The molecule has 10 rings (SSSR count). The number of carbonyl (C=O) groups excluding carboxylic acids is 5. The summed E-state index contributed by atoms with van der Waals surface area (Å²) in [5, 5.41) is 12.1. The number of benzene rings is 3. The molecule has 7 aliphatic rings. The van der Waals surface area contributed by atoms with Crippen molar-refractivity contribution in [2.45, 2.75) is 95.9 Å². The Morgan fingerprint density at radius 3 is 2.07 bits per heavy atom. The first-order valence-corrected chi connectivity index (χ1v) is 21.5. The lowest BCUT2D eigenvalue weighted by atomic mass is 9.67. The number of halogens is 1. The number of nitrogens with one attached hydrogen (secondary N) is 1. The molecule has 304 valence electrons. The van der Waals surface area contributed by atoms with Gasteiger partial charge >= 0.3 is 0 Å². The second kappa shape index (κ2) is 14.2. The molecule has 6 heterocycles. The lowest BCUT2D eigenvalue weighted by Gasteiger charge is -2.54. The first kappa shape index (κ1) is 38.0. The fourth-order valence-electron chi connectivity index (χ4n) is 11.5. The normalized spacial score (nSPS) is 25.0. The highest BCUT2D eigenvalue weighted by Gasteiger charge is 2.49. The molecular weight excluding hydrogens is 766 g/mol. The van der Waals surface area contributed by atoms with Crippen LogP contribution >= 0.6 is 11.6 Å². The summed E-state index contributed by atoms with van der Waals surface area (Å²) >= 11 is 6.38. The van der Waals surface area contributed by atoms with Crippen LogP contribution in [-0.2, 0) is 22.7 Å². The van der Waals surface area contributed by atoms with Crippen molar-refractivity contribution in [2.24, 2.45) is 10.8 Å². The fourth-order valence-corrected chi connectivity index (χ4v) is 11.7. The fraction of sp³-hybridized carbons (Fsp3) is 0.478. The van der Waals surface area contributed by atoms with Crippen LogP contribution < -0.4 is 15.1 Å². The van der Waals surface area contributed by atoms with Gasteiger partial charge in [0.2, 0.25) is 11.8 Å². The summed E-state index contributed by atoms with van der Waals surface area (Å²) in [7, 11) is 0. The third kappa shape index (κ3) is 6.48. The van der Waals surface area contributed by atoms with Gasteiger partial charge in [-0.3, -0.25) is 39.1 Å². The molecule has 0 radical (unpaired) electrons. The predicted octanol–water partition coefficient (Wildman–Crippen LogP) is 5.90. The molecule has 13 heteroatoms. The predicted molar refractivity (Wildman–Crippen MR) is 221 cm³/mol. The van der Waals surface area contributed by atoms with Gasteiger partial charge in [0, 0.05) is 86.7 Å². The van der Waals surface area contributed by atoms with Gasteiger partial charge in [0.25, 0.3) is 17.7 Å². The molecule has 5 amide bonds. The number of carbonyl (C=O) groups is 5. The first-order valence-electron chi connectivity index (χ1n) is 21.1. The van der Waals surface area contributed by atoms with Crippen molar-refractivity contribution in [3.8, 4) is 6.07 Å². The van der Waals surface area contributed by atoms with Crippen molar-refractivity contribution in [3.05, 3.63) is 93.0 Å². The van der Waals surface area contributed by atoms with E-state index in [9.17, 15) is 29.2 Å². The summed E-state index contributed by atoms with van der Waals surface area (Å²) in [5.41, 5.74) is 6.71. The van der Waals surface area contributed by atoms with Crippen molar-refractivity contribution in [3.63, 3.8) is 0 Å². The van der Waals surface area contributed by atoms with Crippen molar-refractivity contribution in [2.75, 3.05) is 42.5 Å². The molecule has 59 heavy (non-hydrogen) atoms. The molecule has 1 N–H and O–H groups in total. The number of fused-ring (bicyclic) bond motifs is 2. The van der Waals surface area contributed by atoms with Gasteiger partial charge in [-0.25, -0.2) is 0 Å². The zero-order valence-corrected chi connectivity index (χ0v) is 34.1. The van der Waals surface area contributed by atoms with Crippen LogP contribution in [0.1, 0.15) is 112 Å². The quantitative estimate of drug-likeness (QED) is 0.313. The number of anilines is 2. The van der Waals surface area contributed by atoms with Crippen LogP contribution in [0, 0.1) is 22.2 Å². The van der Waals surface area contributed by atoms with E-state index < -0.39 is 23.8 Å². The second-order valence-corrected chi connectivity index (χ2v) is 18.8. The number of imide groups is 2. The lowest BCUT2D eigenvalue weighted by Crippen LogP contribution is -2.60. The van der Waals surface area contributed by atoms with Crippen LogP contribution in [0.2, 0.25) is 5.02 Å². The Morgan fingerprint density at radius 1 is 0.814 bits per heavy atom. The van der Waals surface area contributed by atoms with Gasteiger partial charge in [0.1, 0.15) is 12.1 Å².